The van der Waals surface area contributed by atoms with Gasteiger partial charge in [0.1, 0.15) is 0 Å². The van der Waals surface area contributed by atoms with Crippen molar-refractivity contribution in [2.75, 3.05) is 13.0 Å². The molecule has 1 rings (SSSR count). The van der Waals surface area contributed by atoms with Crippen molar-refractivity contribution < 1.29 is 14.3 Å². The van der Waals surface area contributed by atoms with Crippen LogP contribution >= 0.6 is 11.6 Å². The van der Waals surface area contributed by atoms with Crippen LogP contribution in [-0.2, 0) is 14.3 Å². The first-order valence-electron chi connectivity index (χ1n) is 3.72. The second kappa shape index (κ2) is 3.75. The average molecular weight is 201 g/mol. The van der Waals surface area contributed by atoms with Crippen LogP contribution in [0, 0.1) is 0 Å². The first-order chi connectivity index (χ1) is 6.11. The maximum atomic E-state index is 11.5. The third-order valence-electron chi connectivity index (χ3n) is 1.86. The Hall–Kier alpha value is -1.09. The zero-order valence-corrected chi connectivity index (χ0v) is 8.14. The number of carbonyl (C=O) groups excluding carboxylic acids is 2. The number of ether oxygens (including phenoxy) is 1. The number of allylic oxidation sites excluding steroid dienone is 3. The summed E-state index contributed by atoms with van der Waals surface area (Å²) < 4.78 is 4.83. The predicted octanol–water partition coefficient (Wildman–Crippen LogP) is 1.22. The molecule has 4 heteroatoms. The van der Waals surface area contributed by atoms with Crippen LogP contribution in [0.2, 0.25) is 0 Å². The van der Waals surface area contributed by atoms with Crippen LogP contribution in [0.5, 0.6) is 0 Å². The van der Waals surface area contributed by atoms with Crippen LogP contribution in [0.1, 0.15) is 6.92 Å². The van der Waals surface area contributed by atoms with Crippen LogP contribution < -0.4 is 0 Å². The van der Waals surface area contributed by atoms with E-state index in [4.69, 9.17) is 16.3 Å². The Bertz CT molecular complexity index is 326. The van der Waals surface area contributed by atoms with Crippen molar-refractivity contribution in [2.24, 2.45) is 0 Å². The SMILES string of the molecule is COC1=C(C)C(=O)C=C(CCl)C1=O. The van der Waals surface area contributed by atoms with Gasteiger partial charge in [-0.2, -0.15) is 0 Å². The van der Waals surface area contributed by atoms with Gasteiger partial charge in [-0.25, -0.2) is 0 Å². The Morgan fingerprint density at radius 2 is 2.08 bits per heavy atom. The Morgan fingerprint density at radius 1 is 1.46 bits per heavy atom. The molecule has 70 valence electrons. The second-order valence-corrected chi connectivity index (χ2v) is 2.92. The van der Waals surface area contributed by atoms with E-state index in [0.717, 1.165) is 0 Å². The zero-order valence-electron chi connectivity index (χ0n) is 7.39. The molecule has 0 aromatic rings. The second-order valence-electron chi connectivity index (χ2n) is 2.65. The summed E-state index contributed by atoms with van der Waals surface area (Å²) in [7, 11) is 1.36. The summed E-state index contributed by atoms with van der Waals surface area (Å²) in [5, 5.41) is 0. The van der Waals surface area contributed by atoms with Gasteiger partial charge >= 0.3 is 0 Å². The number of carbonyl (C=O) groups is 2. The van der Waals surface area contributed by atoms with E-state index in [1.54, 1.807) is 6.92 Å². The number of halogens is 1. The number of hydrogen-bond acceptors (Lipinski definition) is 3. The number of methoxy groups -OCH3 is 1. The summed E-state index contributed by atoms with van der Waals surface area (Å²) in [5.41, 5.74) is 0.621. The molecule has 0 radical (unpaired) electrons. The van der Waals surface area contributed by atoms with Crippen LogP contribution in [0.3, 0.4) is 0 Å². The Balaban J connectivity index is 3.14. The van der Waals surface area contributed by atoms with Gasteiger partial charge in [-0.15, -0.1) is 11.6 Å². The van der Waals surface area contributed by atoms with Gasteiger partial charge in [-0.1, -0.05) is 0 Å². The van der Waals surface area contributed by atoms with Crippen LogP contribution in [0.25, 0.3) is 0 Å². The highest BCUT2D eigenvalue weighted by Gasteiger charge is 2.26. The lowest BCUT2D eigenvalue weighted by Gasteiger charge is -2.13. The molecular weight excluding hydrogens is 192 g/mol. The summed E-state index contributed by atoms with van der Waals surface area (Å²) in [6, 6.07) is 0. The van der Waals surface area contributed by atoms with E-state index in [1.165, 1.54) is 13.2 Å². The minimum atomic E-state index is -0.297. The molecule has 0 heterocycles. The lowest BCUT2D eigenvalue weighted by Crippen LogP contribution is -2.19. The van der Waals surface area contributed by atoms with E-state index in [2.05, 4.69) is 0 Å². The maximum absolute atomic E-state index is 11.5. The Labute approximate surface area is 81.0 Å². The first kappa shape index (κ1) is 9.99. The highest BCUT2D eigenvalue weighted by atomic mass is 35.5. The number of rotatable bonds is 2. The standard InChI is InChI=1S/C9H9ClO3/c1-5-7(11)3-6(4-10)8(12)9(5)13-2/h3H,4H2,1-2H3. The average Bonchev–Trinajstić information content (AvgIpc) is 2.12. The fourth-order valence-corrected chi connectivity index (χ4v) is 1.30. The molecule has 0 fully saturated rings. The van der Waals surface area contributed by atoms with Gasteiger partial charge in [-0.3, -0.25) is 9.59 Å². The van der Waals surface area contributed by atoms with Crippen molar-refractivity contribution in [1.29, 1.82) is 0 Å². The van der Waals surface area contributed by atoms with Gasteiger partial charge in [0, 0.05) is 11.1 Å². The van der Waals surface area contributed by atoms with Crippen molar-refractivity contribution in [3.05, 3.63) is 23.0 Å². The van der Waals surface area contributed by atoms with Gasteiger partial charge in [0.05, 0.1) is 13.0 Å². The van der Waals surface area contributed by atoms with Crippen molar-refractivity contribution in [1.82, 2.24) is 0 Å². The molecule has 0 aliphatic heterocycles. The molecule has 1 aliphatic rings. The van der Waals surface area contributed by atoms with Crippen molar-refractivity contribution in [2.45, 2.75) is 6.92 Å². The van der Waals surface area contributed by atoms with Gasteiger partial charge in [0.25, 0.3) is 0 Å². The molecular formula is C9H9ClO3. The lowest BCUT2D eigenvalue weighted by atomic mass is 9.97. The highest BCUT2D eigenvalue weighted by Crippen LogP contribution is 2.19. The van der Waals surface area contributed by atoms with E-state index >= 15 is 0 Å². The van der Waals surface area contributed by atoms with E-state index in [-0.39, 0.29) is 28.8 Å². The fraction of sp³-hybridized carbons (Fsp3) is 0.333. The summed E-state index contributed by atoms with van der Waals surface area (Å²) in [6.45, 7) is 1.56. The number of Topliss-reactive ketones (excluding diaryl/α,β-unsaturated/α-hetero) is 1. The Morgan fingerprint density at radius 3 is 2.54 bits per heavy atom. The quantitative estimate of drug-likeness (QED) is 0.497. The topological polar surface area (TPSA) is 43.4 Å². The van der Waals surface area contributed by atoms with E-state index < -0.39 is 0 Å². The zero-order chi connectivity index (χ0) is 10.0. The van der Waals surface area contributed by atoms with Gasteiger partial charge in [-0.05, 0) is 13.0 Å². The van der Waals surface area contributed by atoms with Gasteiger partial charge in [0.2, 0.25) is 5.78 Å². The molecule has 13 heavy (non-hydrogen) atoms. The fourth-order valence-electron chi connectivity index (χ4n) is 1.11. The molecule has 0 N–H and O–H groups in total. The number of ketones is 2. The maximum Gasteiger partial charge on any atom is 0.225 e. The van der Waals surface area contributed by atoms with Crippen LogP contribution in [-0.4, -0.2) is 24.6 Å². The van der Waals surface area contributed by atoms with E-state index in [9.17, 15) is 9.59 Å². The molecule has 0 bridgehead atoms. The molecule has 1 aliphatic carbocycles. The number of alkyl halides is 1. The first-order valence-corrected chi connectivity index (χ1v) is 4.25. The molecule has 0 aromatic carbocycles. The minimum Gasteiger partial charge on any atom is -0.492 e. The normalized spacial score (nSPS) is 17.6. The van der Waals surface area contributed by atoms with E-state index in [1.807, 2.05) is 0 Å². The monoisotopic (exact) mass is 200 g/mol. The highest BCUT2D eigenvalue weighted by molar-refractivity contribution is 6.29. The predicted molar refractivity (Wildman–Crippen MR) is 48.5 cm³/mol. The molecule has 0 unspecified atom stereocenters. The summed E-state index contributed by atoms with van der Waals surface area (Å²) in [6.07, 6.45) is 1.26. The van der Waals surface area contributed by atoms with Crippen LogP contribution in [0.4, 0.5) is 0 Å². The van der Waals surface area contributed by atoms with Crippen molar-refractivity contribution >= 4 is 23.2 Å². The summed E-state index contributed by atoms with van der Waals surface area (Å²) in [5.74, 6) is -0.380. The molecule has 0 saturated carbocycles. The van der Waals surface area contributed by atoms with Gasteiger partial charge < -0.3 is 4.74 Å². The van der Waals surface area contributed by atoms with Crippen molar-refractivity contribution in [3.8, 4) is 0 Å². The Kier molecular flexibility index (Phi) is 2.88. The summed E-state index contributed by atoms with van der Waals surface area (Å²) in [4.78, 5) is 22.7. The summed E-state index contributed by atoms with van der Waals surface area (Å²) >= 11 is 5.49. The molecule has 3 nitrogen and oxygen atoms in total. The number of hydrogen-bond donors (Lipinski definition) is 0. The molecule has 0 atom stereocenters. The molecule has 0 aromatic heterocycles. The van der Waals surface area contributed by atoms with Gasteiger partial charge in [0.15, 0.2) is 11.5 Å². The lowest BCUT2D eigenvalue weighted by molar-refractivity contribution is -0.118. The minimum absolute atomic E-state index is 0.0325. The smallest absolute Gasteiger partial charge is 0.225 e. The molecule has 0 saturated heterocycles. The molecule has 0 spiro atoms. The third-order valence-corrected chi connectivity index (χ3v) is 2.15. The van der Waals surface area contributed by atoms with Crippen molar-refractivity contribution in [3.63, 3.8) is 0 Å². The van der Waals surface area contributed by atoms with Crippen LogP contribution in [0.15, 0.2) is 23.0 Å². The van der Waals surface area contributed by atoms with E-state index in [0.29, 0.717) is 5.57 Å². The molecule has 0 amide bonds. The largest absolute Gasteiger partial charge is 0.492 e. The third kappa shape index (κ3) is 1.65.